The fraction of sp³-hybridized carbons (Fsp3) is 1.00. The Morgan fingerprint density at radius 1 is 1.83 bits per heavy atom. The van der Waals surface area contributed by atoms with Crippen molar-refractivity contribution in [2.45, 2.75) is 18.7 Å². The van der Waals surface area contributed by atoms with E-state index in [0.29, 0.717) is 6.42 Å². The van der Waals surface area contributed by atoms with Crippen molar-refractivity contribution < 1.29 is 5.11 Å². The lowest BCUT2D eigenvalue weighted by atomic mass is 10.4. The molecule has 0 fully saturated rings. The second-order valence-electron chi connectivity index (χ2n) is 1.29. The number of rotatable bonds is 2. The summed E-state index contributed by atoms with van der Waals surface area (Å²) in [6, 6.07) is 0. The van der Waals surface area contributed by atoms with E-state index in [9.17, 15) is 0 Å². The topological polar surface area (TPSA) is 20.2 Å². The number of hydrogen-bond acceptors (Lipinski definition) is 1. The third-order valence-electron chi connectivity index (χ3n) is 0.527. The third-order valence-corrected chi connectivity index (χ3v) is 0.745. The Kier molecular flexibility index (Phi) is 3.58. The van der Waals surface area contributed by atoms with Crippen molar-refractivity contribution in [3.05, 3.63) is 0 Å². The number of alkyl halides is 1. The van der Waals surface area contributed by atoms with Gasteiger partial charge in [0.1, 0.15) is 0 Å². The van der Waals surface area contributed by atoms with E-state index in [1.165, 1.54) is 0 Å². The first-order chi connectivity index (χ1) is 2.77. The molecule has 2 heteroatoms. The van der Waals surface area contributed by atoms with Gasteiger partial charge in [0.25, 0.3) is 0 Å². The molecule has 0 saturated carbocycles. The maximum Gasteiger partial charge on any atom is 0.0444 e. The Morgan fingerprint density at radius 2 is 2.33 bits per heavy atom. The molecule has 0 aromatic rings. The minimum absolute atomic E-state index is 0.120. The molecule has 0 rings (SSSR count). The van der Waals surface area contributed by atoms with E-state index < -0.39 is 0 Å². The van der Waals surface area contributed by atoms with Crippen LogP contribution in [0, 0.1) is 0 Å². The molecule has 0 bridgehead atoms. The second-order valence-corrected chi connectivity index (χ2v) is 2.04. The van der Waals surface area contributed by atoms with Crippen LogP contribution in [0.1, 0.15) is 13.3 Å². The van der Waals surface area contributed by atoms with Crippen molar-refractivity contribution in [2.24, 2.45) is 0 Å². The molecule has 0 aliphatic heterocycles. The van der Waals surface area contributed by atoms with Crippen molar-refractivity contribution in [1.29, 1.82) is 0 Å². The summed E-state index contributed by atoms with van der Waals surface area (Å²) < 4.78 is 0. The first kappa shape index (κ1) is 6.25. The molecule has 0 aliphatic carbocycles. The van der Waals surface area contributed by atoms with E-state index in [4.69, 9.17) is 16.7 Å². The van der Waals surface area contributed by atoms with Crippen LogP contribution in [-0.2, 0) is 0 Å². The zero-order valence-electron chi connectivity index (χ0n) is 3.82. The third kappa shape index (κ3) is 4.25. The monoisotopic (exact) mass is 108 g/mol. The van der Waals surface area contributed by atoms with Crippen molar-refractivity contribution in [3.63, 3.8) is 0 Å². The zero-order valence-corrected chi connectivity index (χ0v) is 4.57. The zero-order chi connectivity index (χ0) is 4.99. The van der Waals surface area contributed by atoms with Crippen LogP contribution < -0.4 is 0 Å². The molecular weight excluding hydrogens is 99.5 g/mol. The first-order valence-electron chi connectivity index (χ1n) is 2.02. The first-order valence-corrected chi connectivity index (χ1v) is 2.46. The van der Waals surface area contributed by atoms with E-state index >= 15 is 0 Å². The highest BCUT2D eigenvalue weighted by molar-refractivity contribution is 6.20. The Labute approximate surface area is 42.9 Å². The largest absolute Gasteiger partial charge is 0.396 e. The number of halogens is 1. The van der Waals surface area contributed by atoms with Crippen LogP contribution in [0.25, 0.3) is 0 Å². The molecule has 1 N–H and O–H groups in total. The highest BCUT2D eigenvalue weighted by Gasteiger charge is 1.89. The Balaban J connectivity index is 2.63. The van der Waals surface area contributed by atoms with Gasteiger partial charge in [0.2, 0.25) is 0 Å². The van der Waals surface area contributed by atoms with Crippen LogP contribution in [0.3, 0.4) is 0 Å². The minimum atomic E-state index is 0.120. The summed E-state index contributed by atoms with van der Waals surface area (Å²) in [5.74, 6) is 0. The Morgan fingerprint density at radius 3 is 2.33 bits per heavy atom. The van der Waals surface area contributed by atoms with Crippen molar-refractivity contribution >= 4 is 11.6 Å². The fourth-order valence-corrected chi connectivity index (χ4v) is 0.275. The molecule has 0 radical (unpaired) electrons. The maximum atomic E-state index is 8.15. The lowest BCUT2D eigenvalue weighted by Gasteiger charge is -1.92. The molecule has 1 nitrogen and oxygen atoms in total. The number of hydrogen-bond donors (Lipinski definition) is 1. The average Bonchev–Trinajstić information content (AvgIpc) is 1.35. The van der Waals surface area contributed by atoms with Gasteiger partial charge in [-0.3, -0.25) is 0 Å². The van der Waals surface area contributed by atoms with Gasteiger partial charge in [-0.05, 0) is 13.3 Å². The normalized spacial score (nSPS) is 14.5. The van der Waals surface area contributed by atoms with E-state index in [1.54, 1.807) is 0 Å². The van der Waals surface area contributed by atoms with E-state index in [0.717, 1.165) is 0 Å². The van der Waals surface area contributed by atoms with Gasteiger partial charge in [-0.25, -0.2) is 0 Å². The van der Waals surface area contributed by atoms with Crippen LogP contribution in [0.5, 0.6) is 0 Å². The highest BCUT2D eigenvalue weighted by atomic mass is 35.5. The van der Waals surface area contributed by atoms with E-state index in [-0.39, 0.29) is 12.0 Å². The molecule has 0 aromatic carbocycles. The van der Waals surface area contributed by atoms with Crippen LogP contribution >= 0.6 is 11.6 Å². The van der Waals surface area contributed by atoms with Gasteiger partial charge in [-0.1, -0.05) is 0 Å². The lowest BCUT2D eigenvalue weighted by Crippen LogP contribution is -1.92. The SMILES string of the molecule is C[C@@H](Cl)CCO. The molecule has 6 heavy (non-hydrogen) atoms. The highest BCUT2D eigenvalue weighted by Crippen LogP contribution is 1.96. The summed E-state index contributed by atoms with van der Waals surface area (Å²) in [5.41, 5.74) is 0. The van der Waals surface area contributed by atoms with Gasteiger partial charge in [-0.15, -0.1) is 11.6 Å². The van der Waals surface area contributed by atoms with Crippen molar-refractivity contribution in [2.75, 3.05) is 6.61 Å². The van der Waals surface area contributed by atoms with E-state index in [2.05, 4.69) is 0 Å². The van der Waals surface area contributed by atoms with Gasteiger partial charge >= 0.3 is 0 Å². The Hall–Kier alpha value is 0.250. The van der Waals surface area contributed by atoms with E-state index in [1.807, 2.05) is 6.92 Å². The molecule has 0 amide bonds. The molecule has 0 aromatic heterocycles. The quantitative estimate of drug-likeness (QED) is 0.524. The summed E-state index contributed by atoms with van der Waals surface area (Å²) in [6.45, 7) is 2.06. The predicted octanol–water partition coefficient (Wildman–Crippen LogP) is 0.996. The molecule has 0 spiro atoms. The van der Waals surface area contributed by atoms with Crippen molar-refractivity contribution in [3.8, 4) is 0 Å². The van der Waals surface area contributed by atoms with Crippen molar-refractivity contribution in [1.82, 2.24) is 0 Å². The van der Waals surface area contributed by atoms with Gasteiger partial charge in [-0.2, -0.15) is 0 Å². The summed E-state index contributed by atoms with van der Waals surface area (Å²) in [5, 5.41) is 8.27. The molecule has 38 valence electrons. The predicted molar refractivity (Wildman–Crippen MR) is 27.0 cm³/mol. The molecule has 0 saturated heterocycles. The van der Waals surface area contributed by atoms with Crippen LogP contribution in [0.2, 0.25) is 0 Å². The van der Waals surface area contributed by atoms with Crippen LogP contribution in [0.4, 0.5) is 0 Å². The average molecular weight is 109 g/mol. The smallest absolute Gasteiger partial charge is 0.0444 e. The summed E-state index contributed by atoms with van der Waals surface area (Å²) >= 11 is 5.42. The van der Waals surface area contributed by atoms with Gasteiger partial charge in [0, 0.05) is 12.0 Å². The molecular formula is C4H9ClO. The molecule has 0 heterocycles. The van der Waals surface area contributed by atoms with Crippen LogP contribution in [-0.4, -0.2) is 17.1 Å². The summed E-state index contributed by atoms with van der Waals surface area (Å²) in [6.07, 6.45) is 0.696. The summed E-state index contributed by atoms with van der Waals surface area (Å²) in [7, 11) is 0. The number of aliphatic hydroxyl groups excluding tert-OH is 1. The fourth-order valence-electron chi connectivity index (χ4n) is 0.178. The second kappa shape index (κ2) is 3.44. The molecule has 0 aliphatic rings. The Bertz CT molecular complexity index is 28.7. The lowest BCUT2D eigenvalue weighted by molar-refractivity contribution is 0.288. The summed E-state index contributed by atoms with van der Waals surface area (Å²) in [4.78, 5) is 0. The van der Waals surface area contributed by atoms with Gasteiger partial charge in [0.05, 0.1) is 0 Å². The minimum Gasteiger partial charge on any atom is -0.396 e. The standard InChI is InChI=1S/C4H9ClO/c1-4(5)2-3-6/h4,6H,2-3H2,1H3/t4-/m1/s1. The van der Waals surface area contributed by atoms with Crippen LogP contribution in [0.15, 0.2) is 0 Å². The molecule has 1 atom stereocenters. The van der Waals surface area contributed by atoms with Gasteiger partial charge < -0.3 is 5.11 Å². The van der Waals surface area contributed by atoms with Gasteiger partial charge in [0.15, 0.2) is 0 Å². The number of aliphatic hydroxyl groups is 1. The molecule has 0 unspecified atom stereocenters. The maximum absolute atomic E-state index is 8.15.